The summed E-state index contributed by atoms with van der Waals surface area (Å²) in [6.07, 6.45) is 2.81. The second kappa shape index (κ2) is 6.34. The van der Waals surface area contributed by atoms with Crippen LogP contribution in [0, 0.1) is 6.92 Å². The van der Waals surface area contributed by atoms with Crippen molar-refractivity contribution in [3.63, 3.8) is 0 Å². The number of rotatable bonds is 5. The van der Waals surface area contributed by atoms with Crippen molar-refractivity contribution < 1.29 is 17.9 Å². The van der Waals surface area contributed by atoms with Gasteiger partial charge in [0.15, 0.2) is 0 Å². The van der Waals surface area contributed by atoms with E-state index >= 15 is 0 Å². The summed E-state index contributed by atoms with van der Waals surface area (Å²) in [5.41, 5.74) is 0.547. The molecule has 0 amide bonds. The minimum Gasteiger partial charge on any atom is -0.491 e. The van der Waals surface area contributed by atoms with E-state index in [1.54, 1.807) is 7.11 Å². The molecule has 0 radical (unpaired) electrons. The Balaban J connectivity index is 2.07. The molecule has 1 aliphatic rings. The van der Waals surface area contributed by atoms with Gasteiger partial charge in [-0.15, -0.1) is 0 Å². The Hall–Kier alpha value is -1.11. The van der Waals surface area contributed by atoms with Gasteiger partial charge >= 0.3 is 0 Å². The predicted octanol–water partition coefficient (Wildman–Crippen LogP) is 1.81. The van der Waals surface area contributed by atoms with Gasteiger partial charge in [0.25, 0.3) is 0 Å². The van der Waals surface area contributed by atoms with Gasteiger partial charge in [-0.2, -0.15) is 4.31 Å². The first-order valence-electron chi connectivity index (χ1n) is 7.04. The van der Waals surface area contributed by atoms with Crippen LogP contribution in [0.1, 0.15) is 18.4 Å². The average Bonchev–Trinajstić information content (AvgIpc) is 2.45. The summed E-state index contributed by atoms with van der Waals surface area (Å²) in [4.78, 5) is 0. The lowest BCUT2D eigenvalue weighted by atomic mass is 9.95. The molecular formula is C15H23NO4S. The van der Waals surface area contributed by atoms with E-state index in [0.717, 1.165) is 24.2 Å². The number of methoxy groups -OCH3 is 1. The summed E-state index contributed by atoms with van der Waals surface area (Å²) in [6.45, 7) is 3.24. The van der Waals surface area contributed by atoms with Gasteiger partial charge in [0, 0.05) is 20.2 Å². The molecule has 5 nitrogen and oxygen atoms in total. The van der Waals surface area contributed by atoms with Gasteiger partial charge in [-0.3, -0.25) is 0 Å². The summed E-state index contributed by atoms with van der Waals surface area (Å²) < 4.78 is 36.4. The Labute approximate surface area is 126 Å². The van der Waals surface area contributed by atoms with Crippen LogP contribution in [0.25, 0.3) is 0 Å². The van der Waals surface area contributed by atoms with Crippen molar-refractivity contribution in [3.8, 4) is 5.75 Å². The third-order valence-corrected chi connectivity index (χ3v) is 5.15. The fourth-order valence-corrected chi connectivity index (χ4v) is 3.53. The molecule has 0 bridgehead atoms. The second-order valence-electron chi connectivity index (χ2n) is 5.69. The van der Waals surface area contributed by atoms with Crippen molar-refractivity contribution in [2.24, 2.45) is 0 Å². The zero-order chi connectivity index (χ0) is 15.5. The van der Waals surface area contributed by atoms with Crippen molar-refractivity contribution in [1.29, 1.82) is 0 Å². The molecule has 1 aromatic rings. The molecule has 1 unspecified atom stereocenters. The fraction of sp³-hybridized carbons (Fsp3) is 0.600. The van der Waals surface area contributed by atoms with Crippen molar-refractivity contribution in [1.82, 2.24) is 4.31 Å². The lowest BCUT2D eigenvalue weighted by Crippen LogP contribution is -2.54. The molecule has 0 aromatic heterocycles. The van der Waals surface area contributed by atoms with E-state index in [9.17, 15) is 8.42 Å². The number of hydrogen-bond acceptors (Lipinski definition) is 4. The molecule has 2 rings (SSSR count). The van der Waals surface area contributed by atoms with Gasteiger partial charge in [0.05, 0.1) is 6.26 Å². The smallest absolute Gasteiger partial charge is 0.211 e. The number of sulfonamides is 1. The quantitative estimate of drug-likeness (QED) is 0.832. The third kappa shape index (κ3) is 4.18. The van der Waals surface area contributed by atoms with Crippen LogP contribution in [0.2, 0.25) is 0 Å². The highest BCUT2D eigenvalue weighted by Gasteiger charge is 2.39. The Morgan fingerprint density at radius 1 is 1.38 bits per heavy atom. The summed E-state index contributed by atoms with van der Waals surface area (Å²) in [5, 5.41) is 0. The Morgan fingerprint density at radius 3 is 2.76 bits per heavy atom. The van der Waals surface area contributed by atoms with E-state index in [1.807, 2.05) is 31.2 Å². The Morgan fingerprint density at radius 2 is 2.14 bits per heavy atom. The molecule has 1 saturated heterocycles. The van der Waals surface area contributed by atoms with Crippen LogP contribution < -0.4 is 4.74 Å². The van der Waals surface area contributed by atoms with Crippen LogP contribution in [-0.2, 0) is 14.8 Å². The second-order valence-corrected chi connectivity index (χ2v) is 7.67. The molecule has 21 heavy (non-hydrogen) atoms. The van der Waals surface area contributed by atoms with E-state index in [4.69, 9.17) is 9.47 Å². The van der Waals surface area contributed by atoms with Gasteiger partial charge in [-0.1, -0.05) is 12.1 Å². The number of piperidine rings is 1. The van der Waals surface area contributed by atoms with Crippen LogP contribution in [0.5, 0.6) is 5.75 Å². The van der Waals surface area contributed by atoms with E-state index in [0.29, 0.717) is 19.7 Å². The minimum atomic E-state index is -3.20. The van der Waals surface area contributed by atoms with Gasteiger partial charge in [0.1, 0.15) is 18.0 Å². The summed E-state index contributed by atoms with van der Waals surface area (Å²) in [5.74, 6) is 0.780. The molecule has 118 valence electrons. The summed E-state index contributed by atoms with van der Waals surface area (Å²) in [7, 11) is -1.58. The molecule has 1 aliphatic heterocycles. The molecule has 0 spiro atoms. The molecule has 0 saturated carbocycles. The molecular weight excluding hydrogens is 290 g/mol. The van der Waals surface area contributed by atoms with Crippen molar-refractivity contribution in [2.75, 3.05) is 33.1 Å². The zero-order valence-corrected chi connectivity index (χ0v) is 13.6. The molecule has 1 atom stereocenters. The molecule has 1 aromatic carbocycles. The highest BCUT2D eigenvalue weighted by Crippen LogP contribution is 2.27. The van der Waals surface area contributed by atoms with Crippen molar-refractivity contribution >= 4 is 10.0 Å². The molecule has 0 aliphatic carbocycles. The van der Waals surface area contributed by atoms with Gasteiger partial charge in [-0.05, 0) is 37.5 Å². The van der Waals surface area contributed by atoms with Crippen LogP contribution in [-0.4, -0.2) is 51.4 Å². The van der Waals surface area contributed by atoms with E-state index in [-0.39, 0.29) is 0 Å². The largest absolute Gasteiger partial charge is 0.491 e. The summed E-state index contributed by atoms with van der Waals surface area (Å²) in [6, 6.07) is 7.80. The maximum absolute atomic E-state index is 11.7. The SMILES string of the molecule is COC1(COc2cccc(C)c2)CCCN(S(C)(=O)=O)C1. The first kappa shape index (κ1) is 16.3. The van der Waals surface area contributed by atoms with Crippen LogP contribution in [0.4, 0.5) is 0 Å². The van der Waals surface area contributed by atoms with E-state index in [2.05, 4.69) is 0 Å². The van der Waals surface area contributed by atoms with Crippen molar-refractivity contribution in [2.45, 2.75) is 25.4 Å². The fourth-order valence-electron chi connectivity index (χ4n) is 2.60. The number of aryl methyl sites for hydroxylation is 1. The molecule has 1 fully saturated rings. The van der Waals surface area contributed by atoms with Crippen molar-refractivity contribution in [3.05, 3.63) is 29.8 Å². The number of hydrogen-bond donors (Lipinski definition) is 0. The normalized spacial score (nSPS) is 24.0. The van der Waals surface area contributed by atoms with Gasteiger partial charge < -0.3 is 9.47 Å². The first-order chi connectivity index (χ1) is 9.85. The predicted molar refractivity (Wildman–Crippen MR) is 82.1 cm³/mol. The average molecular weight is 313 g/mol. The highest BCUT2D eigenvalue weighted by atomic mass is 32.2. The lowest BCUT2D eigenvalue weighted by molar-refractivity contribution is -0.0745. The minimum absolute atomic E-state index is 0.341. The topological polar surface area (TPSA) is 55.8 Å². The Kier molecular flexibility index (Phi) is 4.91. The summed E-state index contributed by atoms with van der Waals surface area (Å²) >= 11 is 0. The molecule has 1 heterocycles. The van der Waals surface area contributed by atoms with Crippen LogP contribution >= 0.6 is 0 Å². The van der Waals surface area contributed by atoms with E-state index < -0.39 is 15.6 Å². The highest BCUT2D eigenvalue weighted by molar-refractivity contribution is 7.88. The lowest BCUT2D eigenvalue weighted by Gasteiger charge is -2.40. The van der Waals surface area contributed by atoms with E-state index in [1.165, 1.54) is 10.6 Å². The molecule has 6 heteroatoms. The van der Waals surface area contributed by atoms with Gasteiger partial charge in [0.2, 0.25) is 10.0 Å². The first-order valence-corrected chi connectivity index (χ1v) is 8.89. The van der Waals surface area contributed by atoms with Crippen LogP contribution in [0.3, 0.4) is 0 Å². The zero-order valence-electron chi connectivity index (χ0n) is 12.8. The van der Waals surface area contributed by atoms with Gasteiger partial charge in [-0.25, -0.2) is 8.42 Å². The maximum Gasteiger partial charge on any atom is 0.211 e. The Bertz CT molecular complexity index is 587. The standard InChI is InChI=1S/C15H23NO4S/c1-13-6-4-7-14(10-13)20-12-15(19-2)8-5-9-16(11-15)21(3,17)18/h4,6-7,10H,5,8-9,11-12H2,1-3H3. The van der Waals surface area contributed by atoms with Crippen LogP contribution in [0.15, 0.2) is 24.3 Å². The number of nitrogens with zero attached hydrogens (tertiary/aromatic N) is 1. The maximum atomic E-state index is 11.7. The monoisotopic (exact) mass is 313 g/mol. The third-order valence-electron chi connectivity index (χ3n) is 3.90. The number of ether oxygens (including phenoxy) is 2. The number of benzene rings is 1. The molecule has 0 N–H and O–H groups in total.